The number of imidazole rings is 1. The summed E-state index contributed by atoms with van der Waals surface area (Å²) in [7, 11) is 1.67. The predicted molar refractivity (Wildman–Crippen MR) is 235 cm³/mol. The molecule has 1 unspecified atom stereocenters. The van der Waals surface area contributed by atoms with Gasteiger partial charge in [0.05, 0.1) is 59.0 Å². The summed E-state index contributed by atoms with van der Waals surface area (Å²) in [6.45, 7) is 3.98. The quantitative estimate of drug-likeness (QED) is 0.0974. The second-order valence-electron chi connectivity index (χ2n) is 18.1. The molecule has 21 heteroatoms. The maximum atomic E-state index is 15.6. The number of allylic oxidation sites excluding steroid dienone is 1. The van der Waals surface area contributed by atoms with Gasteiger partial charge in [0.1, 0.15) is 29.6 Å². The minimum absolute atomic E-state index is 0.0847. The lowest BCUT2D eigenvalue weighted by molar-refractivity contribution is -0.135. The van der Waals surface area contributed by atoms with Gasteiger partial charge in [-0.2, -0.15) is 0 Å². The maximum absolute atomic E-state index is 15.6. The van der Waals surface area contributed by atoms with Crippen LogP contribution in [0.25, 0.3) is 11.0 Å². The monoisotopic (exact) mass is 904 g/mol. The molecular formula is C44H55F3N12O6. The molecule has 348 valence electrons. The first kappa shape index (κ1) is 44.4. The number of anilines is 1. The van der Waals surface area contributed by atoms with Crippen molar-refractivity contribution < 1.29 is 37.0 Å². The van der Waals surface area contributed by atoms with E-state index in [1.807, 2.05) is 12.1 Å². The largest absolute Gasteiger partial charge is 0.386 e. The van der Waals surface area contributed by atoms with Crippen LogP contribution < -0.4 is 31.9 Å². The zero-order valence-electron chi connectivity index (χ0n) is 36.1. The number of carbonyl (C=O) groups is 3. The number of halogens is 3. The first-order valence-corrected chi connectivity index (χ1v) is 22.4. The van der Waals surface area contributed by atoms with E-state index in [9.17, 15) is 28.0 Å². The molecule has 2 aromatic rings. The highest BCUT2D eigenvalue weighted by molar-refractivity contribution is 6.15. The zero-order chi connectivity index (χ0) is 45.5. The number of amidine groups is 1. The minimum atomic E-state index is -3.15. The number of piperidine rings is 2. The molecule has 1 aliphatic carbocycles. The van der Waals surface area contributed by atoms with Crippen molar-refractivity contribution in [1.82, 2.24) is 40.2 Å². The van der Waals surface area contributed by atoms with E-state index in [-0.39, 0.29) is 66.7 Å². The van der Waals surface area contributed by atoms with Gasteiger partial charge in [0, 0.05) is 77.4 Å². The number of aryl methyl sites for hydroxylation is 1. The lowest BCUT2D eigenvalue weighted by atomic mass is 9.85. The molecule has 0 spiro atoms. The Labute approximate surface area is 372 Å². The van der Waals surface area contributed by atoms with E-state index < -0.39 is 48.0 Å². The fourth-order valence-corrected chi connectivity index (χ4v) is 10.3. The van der Waals surface area contributed by atoms with Crippen LogP contribution in [0.15, 0.2) is 63.6 Å². The number of carbonyl (C=O) groups excluding carboxylic acids is 3. The summed E-state index contributed by atoms with van der Waals surface area (Å²) >= 11 is 0. The third kappa shape index (κ3) is 9.09. The van der Waals surface area contributed by atoms with E-state index in [0.717, 1.165) is 50.6 Å². The molecule has 6 fully saturated rings. The van der Waals surface area contributed by atoms with Gasteiger partial charge < -0.3 is 40.6 Å². The molecule has 2 bridgehead atoms. The first-order valence-electron chi connectivity index (χ1n) is 22.4. The number of nitrogens with one attached hydrogen (secondary N) is 6. The second kappa shape index (κ2) is 18.6. The van der Waals surface area contributed by atoms with Gasteiger partial charge in [-0.05, 0) is 69.1 Å². The number of imide groups is 1. The van der Waals surface area contributed by atoms with Crippen LogP contribution in [-0.4, -0.2) is 143 Å². The SMILES string of the molecule is Cn1c(=O)n(C2CCC(=O)NC2=O)c2cccc(N3CC(O[C@@H]4CCN(C[C@H]5CC[C@H](N/C=C(\NC(=O)/C(C=N)=C6\N=C(N7C[C@H]8C[C@@H]7CO8)C=CN6)C(=N)C(F)F)CC5)C[C@@H]4F)C3)c21. The summed E-state index contributed by atoms with van der Waals surface area (Å²) in [4.78, 5) is 62.0. The summed E-state index contributed by atoms with van der Waals surface area (Å²) in [5, 5.41) is 26.8. The van der Waals surface area contributed by atoms with Gasteiger partial charge in [-0.3, -0.25) is 39.1 Å². The van der Waals surface area contributed by atoms with Crippen molar-refractivity contribution in [1.29, 1.82) is 10.8 Å². The Morgan fingerprint density at radius 2 is 1.89 bits per heavy atom. The van der Waals surface area contributed by atoms with E-state index >= 15 is 4.39 Å². The number of aliphatic imine (C=N–C) groups is 1. The maximum Gasteiger partial charge on any atom is 0.329 e. The standard InChI is InChI=1S/C44H55F3N12O6/c1-55-39-32(3-2-4-33(39)59(44(55)63)34-9-10-37(60)54-43(34)62)57-19-28(20-57)65-35-12-14-56(22-30(35)45)18-24-5-7-25(8-6-24)51-17-31(38(49)40(46)47)52-42(61)29(16-48)41-50-13-11-36(53-41)58-21-27-15-26(58)23-64-27/h2-4,11,13,16-17,24-28,30,34-35,40,48-51H,5-10,12,14-15,18-23H2,1H3,(H,52,61)(H,54,60,62)/b31-17-,41-29-,48-16?,49-38?/t24-,25-,26-,27-,30+,34?,35-/m1/s1. The van der Waals surface area contributed by atoms with Crippen molar-refractivity contribution in [3.8, 4) is 0 Å². The predicted octanol–water partition coefficient (Wildman–Crippen LogP) is 2.18. The normalized spacial score (nSPS) is 29.4. The molecule has 7 aliphatic rings. The van der Waals surface area contributed by atoms with Gasteiger partial charge >= 0.3 is 5.69 Å². The Morgan fingerprint density at radius 3 is 2.58 bits per heavy atom. The number of fused-ring (bicyclic) bond motifs is 3. The van der Waals surface area contributed by atoms with E-state index in [1.54, 1.807) is 25.4 Å². The summed E-state index contributed by atoms with van der Waals surface area (Å²) in [6, 6.07) is 4.86. The third-order valence-corrected chi connectivity index (χ3v) is 13.8. The molecule has 7 heterocycles. The number of ether oxygens (including phenoxy) is 2. The second-order valence-corrected chi connectivity index (χ2v) is 18.1. The summed E-state index contributed by atoms with van der Waals surface area (Å²) in [5.74, 6) is -0.667. The highest BCUT2D eigenvalue weighted by Crippen LogP contribution is 2.34. The number of morpholine rings is 1. The number of benzene rings is 1. The van der Waals surface area contributed by atoms with Gasteiger partial charge in [0.25, 0.3) is 12.3 Å². The molecule has 1 aromatic heterocycles. The van der Waals surface area contributed by atoms with E-state index in [1.165, 1.54) is 15.3 Å². The van der Waals surface area contributed by atoms with Crippen molar-refractivity contribution in [2.75, 3.05) is 50.8 Å². The number of nitrogens with zero attached hydrogens (tertiary/aromatic N) is 6. The highest BCUT2D eigenvalue weighted by atomic mass is 19.3. The number of rotatable bonds is 13. The van der Waals surface area contributed by atoms with Gasteiger partial charge in [-0.25, -0.2) is 23.0 Å². The number of aromatic nitrogens is 2. The van der Waals surface area contributed by atoms with E-state index in [0.29, 0.717) is 62.0 Å². The first-order chi connectivity index (χ1) is 31.3. The Hall–Kier alpha value is -5.80. The summed E-state index contributed by atoms with van der Waals surface area (Å²) in [6.07, 6.45) is 5.47. The van der Waals surface area contributed by atoms with Crippen molar-refractivity contribution in [3.63, 3.8) is 0 Å². The van der Waals surface area contributed by atoms with Gasteiger partial charge in [-0.15, -0.1) is 0 Å². The number of hydrogen-bond donors (Lipinski definition) is 6. The average Bonchev–Trinajstić information content (AvgIpc) is 3.99. The Kier molecular flexibility index (Phi) is 12.7. The van der Waals surface area contributed by atoms with Crippen LogP contribution in [-0.2, 0) is 30.9 Å². The Bertz CT molecular complexity index is 2420. The van der Waals surface area contributed by atoms with Gasteiger partial charge in [-0.1, -0.05) is 6.07 Å². The molecule has 5 saturated heterocycles. The minimum Gasteiger partial charge on any atom is -0.386 e. The summed E-state index contributed by atoms with van der Waals surface area (Å²) in [5.41, 5.74) is 0.143. The van der Waals surface area contributed by atoms with Crippen molar-refractivity contribution in [3.05, 3.63) is 64.3 Å². The van der Waals surface area contributed by atoms with Gasteiger partial charge in [0.2, 0.25) is 11.8 Å². The average molecular weight is 905 g/mol. The fourth-order valence-electron chi connectivity index (χ4n) is 10.3. The van der Waals surface area contributed by atoms with Crippen LogP contribution in [0.4, 0.5) is 18.9 Å². The summed E-state index contributed by atoms with van der Waals surface area (Å²) < 4.78 is 58.3. The number of hydrogen-bond acceptors (Lipinski definition) is 14. The molecule has 6 N–H and O–H groups in total. The van der Waals surface area contributed by atoms with Crippen LogP contribution in [0, 0.1) is 16.7 Å². The molecule has 6 aliphatic heterocycles. The molecule has 1 saturated carbocycles. The Morgan fingerprint density at radius 1 is 1.09 bits per heavy atom. The van der Waals surface area contributed by atoms with Crippen molar-refractivity contribution >= 4 is 52.2 Å². The number of para-hydroxylation sites is 1. The van der Waals surface area contributed by atoms with E-state index in [2.05, 4.69) is 41.0 Å². The Balaban J connectivity index is 0.736. The molecule has 1 aromatic carbocycles. The molecule has 18 nitrogen and oxygen atoms in total. The van der Waals surface area contributed by atoms with Crippen molar-refractivity contribution in [2.45, 2.75) is 100 Å². The van der Waals surface area contributed by atoms with Crippen molar-refractivity contribution in [2.24, 2.45) is 18.0 Å². The lowest BCUT2D eigenvalue weighted by Crippen LogP contribution is -2.56. The molecule has 0 radical (unpaired) electrons. The highest BCUT2D eigenvalue weighted by Gasteiger charge is 2.41. The third-order valence-electron chi connectivity index (χ3n) is 13.8. The smallest absolute Gasteiger partial charge is 0.329 e. The van der Waals surface area contributed by atoms with Crippen LogP contribution in [0.2, 0.25) is 0 Å². The van der Waals surface area contributed by atoms with Crippen LogP contribution in [0.1, 0.15) is 57.4 Å². The lowest BCUT2D eigenvalue weighted by Gasteiger charge is -2.45. The molecule has 9 rings (SSSR count). The van der Waals surface area contributed by atoms with Crippen LogP contribution in [0.3, 0.4) is 0 Å². The molecule has 5 atom stereocenters. The molecular weight excluding hydrogens is 850 g/mol. The number of likely N-dealkylation sites (tertiary alicyclic amines) is 2. The van der Waals surface area contributed by atoms with Gasteiger partial charge in [0.15, 0.2) is 0 Å². The zero-order valence-corrected chi connectivity index (χ0v) is 36.1. The van der Waals surface area contributed by atoms with Crippen LogP contribution >= 0.6 is 0 Å². The van der Waals surface area contributed by atoms with Crippen LogP contribution in [0.5, 0.6) is 0 Å². The molecule has 65 heavy (non-hydrogen) atoms. The van der Waals surface area contributed by atoms with E-state index in [4.69, 9.17) is 20.3 Å². The topological polar surface area (TPSA) is 214 Å². The number of alkyl halides is 3. The fraction of sp³-hybridized carbons (Fsp3) is 0.568. The molecule has 3 amide bonds. The number of amides is 3.